The van der Waals surface area contributed by atoms with E-state index < -0.39 is 15.9 Å². The van der Waals surface area contributed by atoms with E-state index in [2.05, 4.69) is 0 Å². The number of halogens is 2. The summed E-state index contributed by atoms with van der Waals surface area (Å²) in [7, 11) is 2.18. The van der Waals surface area contributed by atoms with Crippen LogP contribution in [0.5, 0.6) is 5.75 Å². The van der Waals surface area contributed by atoms with Gasteiger partial charge in [0, 0.05) is 37.9 Å². The molecule has 1 saturated heterocycles. The molecule has 1 heterocycles. The molecule has 0 aromatic heterocycles. The van der Waals surface area contributed by atoms with E-state index in [-0.39, 0.29) is 34.0 Å². The first-order chi connectivity index (χ1) is 14.1. The second kappa shape index (κ2) is 9.04. The SMILES string of the molecule is COc1c(Cl)cc(C(=O)N(Cc2ccc(N(C)C)cc2)C2CCS(=O)(=O)C2)cc1Cl. The highest BCUT2D eigenvalue weighted by atomic mass is 35.5. The Morgan fingerprint density at radius 2 is 1.73 bits per heavy atom. The molecule has 2 aromatic carbocycles. The molecule has 1 aliphatic heterocycles. The van der Waals surface area contributed by atoms with Crippen LogP contribution in [0.2, 0.25) is 10.0 Å². The Labute approximate surface area is 187 Å². The summed E-state index contributed by atoms with van der Waals surface area (Å²) < 4.78 is 29.3. The molecule has 2 aromatic rings. The van der Waals surface area contributed by atoms with Crippen LogP contribution >= 0.6 is 23.2 Å². The average Bonchev–Trinajstić information content (AvgIpc) is 3.05. The highest BCUT2D eigenvalue weighted by molar-refractivity contribution is 7.91. The molecule has 6 nitrogen and oxygen atoms in total. The van der Waals surface area contributed by atoms with Crippen LogP contribution in [0.25, 0.3) is 0 Å². The lowest BCUT2D eigenvalue weighted by Gasteiger charge is -2.29. The molecule has 30 heavy (non-hydrogen) atoms. The summed E-state index contributed by atoms with van der Waals surface area (Å²) >= 11 is 12.4. The van der Waals surface area contributed by atoms with Crippen molar-refractivity contribution >= 4 is 44.6 Å². The third kappa shape index (κ3) is 5.02. The third-order valence-electron chi connectivity index (χ3n) is 5.17. The summed E-state index contributed by atoms with van der Waals surface area (Å²) in [6, 6.07) is 10.4. The van der Waals surface area contributed by atoms with E-state index in [1.54, 1.807) is 4.90 Å². The van der Waals surface area contributed by atoms with Crippen molar-refractivity contribution in [1.29, 1.82) is 0 Å². The molecule has 1 fully saturated rings. The van der Waals surface area contributed by atoms with Gasteiger partial charge in [-0.25, -0.2) is 8.42 Å². The molecule has 9 heteroatoms. The first-order valence-corrected chi connectivity index (χ1v) is 12.0. The summed E-state index contributed by atoms with van der Waals surface area (Å²) in [4.78, 5) is 17.0. The number of methoxy groups -OCH3 is 1. The van der Waals surface area contributed by atoms with Gasteiger partial charge in [0.1, 0.15) is 0 Å². The van der Waals surface area contributed by atoms with Gasteiger partial charge in [0.2, 0.25) is 0 Å². The molecule has 1 atom stereocenters. The molecule has 0 spiro atoms. The van der Waals surface area contributed by atoms with Crippen molar-refractivity contribution in [3.63, 3.8) is 0 Å². The van der Waals surface area contributed by atoms with Gasteiger partial charge in [-0.2, -0.15) is 0 Å². The van der Waals surface area contributed by atoms with Gasteiger partial charge in [0.15, 0.2) is 15.6 Å². The van der Waals surface area contributed by atoms with Gasteiger partial charge < -0.3 is 14.5 Å². The van der Waals surface area contributed by atoms with Crippen LogP contribution in [0, 0.1) is 0 Å². The van der Waals surface area contributed by atoms with Gasteiger partial charge in [0.05, 0.1) is 28.7 Å². The second-order valence-electron chi connectivity index (χ2n) is 7.52. The highest BCUT2D eigenvalue weighted by Gasteiger charge is 2.35. The number of ether oxygens (including phenoxy) is 1. The lowest BCUT2D eigenvalue weighted by molar-refractivity contribution is 0.0681. The van der Waals surface area contributed by atoms with Crippen molar-refractivity contribution in [3.8, 4) is 5.75 Å². The summed E-state index contributed by atoms with van der Waals surface area (Å²) in [6.07, 6.45) is 0.404. The maximum absolute atomic E-state index is 13.4. The zero-order valence-corrected chi connectivity index (χ0v) is 19.4. The molecule has 3 rings (SSSR count). The van der Waals surface area contributed by atoms with E-state index in [9.17, 15) is 13.2 Å². The van der Waals surface area contributed by atoms with Gasteiger partial charge in [-0.1, -0.05) is 35.3 Å². The van der Waals surface area contributed by atoms with E-state index in [1.807, 2.05) is 43.3 Å². The maximum atomic E-state index is 13.4. The Bertz CT molecular complexity index is 1020. The van der Waals surface area contributed by atoms with E-state index in [1.165, 1.54) is 19.2 Å². The molecule has 1 amide bonds. The predicted molar refractivity (Wildman–Crippen MR) is 121 cm³/mol. The van der Waals surface area contributed by atoms with Crippen molar-refractivity contribution in [2.75, 3.05) is 37.6 Å². The molecule has 0 saturated carbocycles. The predicted octanol–water partition coefficient (Wildman–Crippen LogP) is 3.90. The third-order valence-corrected chi connectivity index (χ3v) is 7.48. The zero-order chi connectivity index (χ0) is 22.1. The van der Waals surface area contributed by atoms with Crippen LogP contribution < -0.4 is 9.64 Å². The van der Waals surface area contributed by atoms with Crippen LogP contribution in [0.3, 0.4) is 0 Å². The number of hydrogen-bond acceptors (Lipinski definition) is 5. The maximum Gasteiger partial charge on any atom is 0.254 e. The number of nitrogens with zero attached hydrogens (tertiary/aromatic N) is 2. The van der Waals surface area contributed by atoms with Gasteiger partial charge in [-0.05, 0) is 36.2 Å². The van der Waals surface area contributed by atoms with E-state index in [0.29, 0.717) is 17.7 Å². The van der Waals surface area contributed by atoms with E-state index >= 15 is 0 Å². The lowest BCUT2D eigenvalue weighted by atomic mass is 10.1. The topological polar surface area (TPSA) is 66.9 Å². The molecule has 0 aliphatic carbocycles. The van der Waals surface area contributed by atoms with Crippen molar-refractivity contribution < 1.29 is 17.9 Å². The molecule has 0 N–H and O–H groups in total. The first kappa shape index (κ1) is 22.7. The minimum absolute atomic E-state index is 0.0495. The number of amides is 1. The second-order valence-corrected chi connectivity index (χ2v) is 10.6. The van der Waals surface area contributed by atoms with Crippen LogP contribution in [0.15, 0.2) is 36.4 Å². The van der Waals surface area contributed by atoms with Crippen molar-refractivity contribution in [1.82, 2.24) is 4.90 Å². The standard InChI is InChI=1S/C21H24Cl2N2O4S/c1-24(2)16-6-4-14(5-7-16)12-25(17-8-9-30(27,28)13-17)21(26)15-10-18(22)20(29-3)19(23)11-15/h4-7,10-11,17H,8-9,12-13H2,1-3H3. The molecule has 0 radical (unpaired) electrons. The number of carbonyl (C=O) groups excluding carboxylic acids is 1. The number of sulfone groups is 1. The summed E-state index contributed by atoms with van der Waals surface area (Å²) in [6.45, 7) is 0.286. The molecular formula is C21H24Cl2N2O4S. The van der Waals surface area contributed by atoms with Gasteiger partial charge in [-0.15, -0.1) is 0 Å². The number of rotatable bonds is 6. The molecular weight excluding hydrogens is 447 g/mol. The Morgan fingerprint density at radius 1 is 1.13 bits per heavy atom. The normalized spacial score (nSPS) is 17.6. The van der Waals surface area contributed by atoms with Crippen molar-refractivity contribution in [2.24, 2.45) is 0 Å². The largest absolute Gasteiger partial charge is 0.494 e. The molecule has 0 bridgehead atoms. The fourth-order valence-electron chi connectivity index (χ4n) is 3.53. The van der Waals surface area contributed by atoms with Gasteiger partial charge >= 0.3 is 0 Å². The first-order valence-electron chi connectivity index (χ1n) is 9.42. The quantitative estimate of drug-likeness (QED) is 0.640. The van der Waals surface area contributed by atoms with Crippen molar-refractivity contribution in [3.05, 3.63) is 57.6 Å². The van der Waals surface area contributed by atoms with Crippen LogP contribution in [-0.2, 0) is 16.4 Å². The Hall–Kier alpha value is -1.96. The molecule has 162 valence electrons. The van der Waals surface area contributed by atoms with Gasteiger partial charge in [-0.3, -0.25) is 4.79 Å². The Morgan fingerprint density at radius 3 is 2.20 bits per heavy atom. The number of anilines is 1. The fourth-order valence-corrected chi connectivity index (χ4v) is 5.90. The average molecular weight is 471 g/mol. The Kier molecular flexibility index (Phi) is 6.84. The van der Waals surface area contributed by atoms with E-state index in [4.69, 9.17) is 27.9 Å². The fraction of sp³-hybridized carbons (Fsp3) is 0.381. The highest BCUT2D eigenvalue weighted by Crippen LogP contribution is 2.35. The summed E-state index contributed by atoms with van der Waals surface area (Å²) in [5.41, 5.74) is 2.23. The monoisotopic (exact) mass is 470 g/mol. The van der Waals surface area contributed by atoms with Crippen LogP contribution in [0.4, 0.5) is 5.69 Å². The summed E-state index contributed by atoms with van der Waals surface area (Å²) in [5.74, 6) is 0.00137. The summed E-state index contributed by atoms with van der Waals surface area (Å²) in [5, 5.41) is 0.449. The number of benzene rings is 2. The van der Waals surface area contributed by atoms with Gasteiger partial charge in [0.25, 0.3) is 5.91 Å². The zero-order valence-electron chi connectivity index (χ0n) is 17.1. The van der Waals surface area contributed by atoms with Crippen LogP contribution in [-0.4, -0.2) is 58.0 Å². The van der Waals surface area contributed by atoms with Crippen LogP contribution in [0.1, 0.15) is 22.3 Å². The minimum Gasteiger partial charge on any atom is -0.494 e. The smallest absolute Gasteiger partial charge is 0.254 e. The minimum atomic E-state index is -3.17. The lowest BCUT2D eigenvalue weighted by Crippen LogP contribution is -2.40. The Balaban J connectivity index is 1.94. The molecule has 1 unspecified atom stereocenters. The number of hydrogen-bond donors (Lipinski definition) is 0. The van der Waals surface area contributed by atoms with Crippen molar-refractivity contribution in [2.45, 2.75) is 19.0 Å². The molecule has 1 aliphatic rings. The number of carbonyl (C=O) groups is 1. The van der Waals surface area contributed by atoms with E-state index in [0.717, 1.165) is 11.3 Å².